The second kappa shape index (κ2) is 8.00. The molecule has 0 heterocycles. The van der Waals surface area contributed by atoms with Gasteiger partial charge in [0.05, 0.1) is 5.02 Å². The van der Waals surface area contributed by atoms with Gasteiger partial charge in [0, 0.05) is 18.0 Å². The first-order chi connectivity index (χ1) is 9.85. The van der Waals surface area contributed by atoms with Gasteiger partial charge in [0.2, 0.25) is 0 Å². The van der Waals surface area contributed by atoms with Crippen LogP contribution in [-0.4, -0.2) is 49.0 Å². The average Bonchev–Trinajstić information content (AvgIpc) is 2.41. The molecule has 0 amide bonds. The van der Waals surface area contributed by atoms with E-state index in [1.807, 2.05) is 25.9 Å². The van der Waals surface area contributed by atoms with E-state index >= 15 is 0 Å². The summed E-state index contributed by atoms with van der Waals surface area (Å²) >= 11 is 6.12. The van der Waals surface area contributed by atoms with Crippen molar-refractivity contribution in [1.29, 1.82) is 0 Å². The number of carbonyl (C=O) groups excluding carboxylic acids is 1. The number of nitrogens with zero attached hydrogens (tertiary/aromatic N) is 1. The van der Waals surface area contributed by atoms with Gasteiger partial charge in [-0.25, -0.2) is 4.79 Å². The van der Waals surface area contributed by atoms with Gasteiger partial charge in [-0.1, -0.05) is 18.5 Å². The lowest BCUT2D eigenvalue weighted by Crippen LogP contribution is -2.27. The summed E-state index contributed by atoms with van der Waals surface area (Å²) in [6, 6.07) is 4.62. The molecule has 0 saturated heterocycles. The summed E-state index contributed by atoms with van der Waals surface area (Å²) in [6.07, 6.45) is 0.727. The molecule has 0 fully saturated rings. The molecule has 6 heteroatoms. The second-order valence-corrected chi connectivity index (χ2v) is 5.46. The Morgan fingerprint density at radius 2 is 2.05 bits per heavy atom. The number of rotatable bonds is 8. The molecule has 1 rings (SSSR count). The molecule has 0 aliphatic rings. The van der Waals surface area contributed by atoms with Crippen molar-refractivity contribution in [2.24, 2.45) is 5.92 Å². The Hall–Kier alpha value is -1.59. The van der Waals surface area contributed by atoms with E-state index in [0.717, 1.165) is 6.42 Å². The molecule has 0 saturated carbocycles. The number of benzene rings is 1. The molecule has 0 aliphatic carbocycles. The molecule has 1 unspecified atom stereocenters. The SMILES string of the molecule is CCC(CN(C)C)C(=O)c1ccc(OCC(=O)O)cc1Cl. The van der Waals surface area contributed by atoms with Gasteiger partial charge in [0.25, 0.3) is 0 Å². The van der Waals surface area contributed by atoms with Crippen LogP contribution in [0.2, 0.25) is 5.02 Å². The van der Waals surface area contributed by atoms with Gasteiger partial charge in [0.15, 0.2) is 12.4 Å². The number of carboxylic acids is 1. The Balaban J connectivity index is 2.87. The number of carbonyl (C=O) groups is 2. The van der Waals surface area contributed by atoms with Crippen LogP contribution in [0.5, 0.6) is 5.75 Å². The summed E-state index contributed by atoms with van der Waals surface area (Å²) in [5.41, 5.74) is 0.438. The van der Waals surface area contributed by atoms with E-state index in [1.54, 1.807) is 12.1 Å². The summed E-state index contributed by atoms with van der Waals surface area (Å²) in [4.78, 5) is 24.9. The highest BCUT2D eigenvalue weighted by molar-refractivity contribution is 6.34. The Labute approximate surface area is 129 Å². The van der Waals surface area contributed by atoms with Crippen molar-refractivity contribution in [2.45, 2.75) is 13.3 Å². The molecule has 0 bridgehead atoms. The lowest BCUT2D eigenvalue weighted by Gasteiger charge is -2.19. The van der Waals surface area contributed by atoms with Gasteiger partial charge in [-0.15, -0.1) is 0 Å². The number of hydrogen-bond donors (Lipinski definition) is 1. The lowest BCUT2D eigenvalue weighted by atomic mass is 9.94. The molecule has 0 aromatic heterocycles. The second-order valence-electron chi connectivity index (χ2n) is 5.06. The van der Waals surface area contributed by atoms with Crippen molar-refractivity contribution < 1.29 is 19.4 Å². The van der Waals surface area contributed by atoms with Crippen molar-refractivity contribution >= 4 is 23.4 Å². The Kier molecular flexibility index (Phi) is 6.65. The van der Waals surface area contributed by atoms with Crippen LogP contribution in [0.4, 0.5) is 0 Å². The molecule has 5 nitrogen and oxygen atoms in total. The molecule has 1 atom stereocenters. The molecule has 1 N–H and O–H groups in total. The minimum absolute atomic E-state index is 0.0130. The number of ether oxygens (including phenoxy) is 1. The van der Waals surface area contributed by atoms with E-state index < -0.39 is 12.6 Å². The van der Waals surface area contributed by atoms with Crippen molar-refractivity contribution in [1.82, 2.24) is 4.90 Å². The summed E-state index contributed by atoms with van der Waals surface area (Å²) in [5, 5.41) is 8.84. The molecule has 0 radical (unpaired) electrons. The quantitative estimate of drug-likeness (QED) is 0.747. The van der Waals surface area contributed by atoms with Crippen LogP contribution >= 0.6 is 11.6 Å². The van der Waals surface area contributed by atoms with E-state index in [-0.39, 0.29) is 16.7 Å². The average molecular weight is 314 g/mol. The number of halogens is 1. The fraction of sp³-hybridized carbons (Fsp3) is 0.467. The van der Waals surface area contributed by atoms with E-state index in [9.17, 15) is 9.59 Å². The highest BCUT2D eigenvalue weighted by Crippen LogP contribution is 2.26. The summed E-state index contributed by atoms with van der Waals surface area (Å²) in [7, 11) is 3.83. The summed E-state index contributed by atoms with van der Waals surface area (Å²) < 4.78 is 5.03. The van der Waals surface area contributed by atoms with E-state index in [4.69, 9.17) is 21.4 Å². The maximum atomic E-state index is 12.5. The van der Waals surface area contributed by atoms with Gasteiger partial charge < -0.3 is 14.7 Å². The Morgan fingerprint density at radius 3 is 2.52 bits per heavy atom. The molecule has 1 aromatic rings. The minimum Gasteiger partial charge on any atom is -0.482 e. The van der Waals surface area contributed by atoms with Crippen LogP contribution in [0.3, 0.4) is 0 Å². The predicted octanol–water partition coefficient (Wildman–Crippen LogP) is 2.57. The third-order valence-electron chi connectivity index (χ3n) is 3.02. The zero-order chi connectivity index (χ0) is 16.0. The Morgan fingerprint density at radius 1 is 1.38 bits per heavy atom. The number of aliphatic carboxylic acids is 1. The number of carboxylic acid groups (broad SMARTS) is 1. The predicted molar refractivity (Wildman–Crippen MR) is 81.2 cm³/mol. The van der Waals surface area contributed by atoms with Crippen LogP contribution in [0.25, 0.3) is 0 Å². The van der Waals surface area contributed by atoms with Crippen LogP contribution < -0.4 is 4.74 Å². The maximum absolute atomic E-state index is 12.5. The molecule has 1 aromatic carbocycles. The minimum atomic E-state index is -1.07. The zero-order valence-corrected chi connectivity index (χ0v) is 13.2. The highest BCUT2D eigenvalue weighted by atomic mass is 35.5. The van der Waals surface area contributed by atoms with E-state index in [2.05, 4.69) is 0 Å². The van der Waals surface area contributed by atoms with Crippen molar-refractivity contribution in [2.75, 3.05) is 27.2 Å². The number of ketones is 1. The third kappa shape index (κ3) is 5.36. The molecule has 21 heavy (non-hydrogen) atoms. The monoisotopic (exact) mass is 313 g/mol. The van der Waals surface area contributed by atoms with Gasteiger partial charge in [0.1, 0.15) is 5.75 Å². The van der Waals surface area contributed by atoms with Gasteiger partial charge in [-0.3, -0.25) is 4.79 Å². The fourth-order valence-electron chi connectivity index (χ4n) is 1.99. The Bertz CT molecular complexity index is 516. The highest BCUT2D eigenvalue weighted by Gasteiger charge is 2.21. The first kappa shape index (κ1) is 17.5. The standard InChI is InChI=1S/C15H20ClNO4/c1-4-10(8-17(2)3)15(20)12-6-5-11(7-13(12)16)21-9-14(18)19/h5-7,10H,4,8-9H2,1-3H3,(H,18,19). The normalized spacial score (nSPS) is 12.2. The molecule has 116 valence electrons. The first-order valence-corrected chi connectivity index (χ1v) is 7.06. The lowest BCUT2D eigenvalue weighted by molar-refractivity contribution is -0.139. The van der Waals surface area contributed by atoms with Crippen LogP contribution in [-0.2, 0) is 4.79 Å². The number of Topliss-reactive ketones (excluding diaryl/α,β-unsaturated/α-hetero) is 1. The topological polar surface area (TPSA) is 66.8 Å². The maximum Gasteiger partial charge on any atom is 0.341 e. The molecular weight excluding hydrogens is 294 g/mol. The van der Waals surface area contributed by atoms with Gasteiger partial charge in [-0.2, -0.15) is 0 Å². The first-order valence-electron chi connectivity index (χ1n) is 6.68. The van der Waals surface area contributed by atoms with Crippen molar-refractivity contribution in [3.8, 4) is 5.75 Å². The smallest absolute Gasteiger partial charge is 0.341 e. The van der Waals surface area contributed by atoms with Crippen LogP contribution in [0.1, 0.15) is 23.7 Å². The third-order valence-corrected chi connectivity index (χ3v) is 3.33. The van der Waals surface area contributed by atoms with Crippen LogP contribution in [0, 0.1) is 5.92 Å². The van der Waals surface area contributed by atoms with E-state index in [1.165, 1.54) is 6.07 Å². The van der Waals surface area contributed by atoms with Crippen molar-refractivity contribution in [3.63, 3.8) is 0 Å². The molecule has 0 spiro atoms. The fourth-order valence-corrected chi connectivity index (χ4v) is 2.25. The molecular formula is C15H20ClNO4. The zero-order valence-electron chi connectivity index (χ0n) is 12.4. The van der Waals surface area contributed by atoms with Gasteiger partial charge in [-0.05, 0) is 38.7 Å². The van der Waals surface area contributed by atoms with Crippen LogP contribution in [0.15, 0.2) is 18.2 Å². The van der Waals surface area contributed by atoms with E-state index in [0.29, 0.717) is 17.9 Å². The summed E-state index contributed by atoms with van der Waals surface area (Å²) in [6.45, 7) is 2.18. The number of hydrogen-bond acceptors (Lipinski definition) is 4. The van der Waals surface area contributed by atoms with Gasteiger partial charge >= 0.3 is 5.97 Å². The largest absolute Gasteiger partial charge is 0.482 e. The molecule has 0 aliphatic heterocycles. The van der Waals surface area contributed by atoms with Crippen molar-refractivity contribution in [3.05, 3.63) is 28.8 Å². The summed E-state index contributed by atoms with van der Waals surface area (Å²) in [5.74, 6) is -0.868.